The number of nitrogens with one attached hydrogen (secondary N) is 2. The predicted octanol–water partition coefficient (Wildman–Crippen LogP) is 5.73. The lowest BCUT2D eigenvalue weighted by atomic mass is 9.49. The predicted molar refractivity (Wildman–Crippen MR) is 127 cm³/mol. The van der Waals surface area contributed by atoms with Crippen molar-refractivity contribution in [1.29, 1.82) is 0 Å². The van der Waals surface area contributed by atoms with Gasteiger partial charge in [0.2, 0.25) is 5.91 Å². The lowest BCUT2D eigenvalue weighted by Crippen LogP contribution is -2.56. The fourth-order valence-corrected chi connectivity index (χ4v) is 7.93. The fraction of sp³-hybridized carbons (Fsp3) is 0.750. The van der Waals surface area contributed by atoms with Crippen LogP contribution in [-0.2, 0) is 10.2 Å². The number of fused-ring (bicyclic) bond motifs is 2. The minimum absolute atomic E-state index is 0.308. The van der Waals surface area contributed by atoms with Crippen LogP contribution in [0.3, 0.4) is 0 Å². The number of benzene rings is 1. The van der Waals surface area contributed by atoms with E-state index in [1.54, 1.807) is 5.56 Å². The van der Waals surface area contributed by atoms with Crippen molar-refractivity contribution in [2.24, 2.45) is 16.7 Å². The van der Waals surface area contributed by atoms with Gasteiger partial charge in [-0.05, 0) is 91.9 Å². The Bertz CT molecular complexity index is 762. The molecule has 3 heteroatoms. The Kier molecular flexibility index (Phi) is 5.92. The molecular formula is C28H42N2O. The topological polar surface area (TPSA) is 41.1 Å². The maximum absolute atomic E-state index is 12.8. The van der Waals surface area contributed by atoms with Crippen LogP contribution in [0.1, 0.15) is 96.0 Å². The molecule has 2 bridgehead atoms. The zero-order chi connectivity index (χ0) is 21.4. The second-order valence-electron chi connectivity index (χ2n) is 11.8. The van der Waals surface area contributed by atoms with Crippen molar-refractivity contribution in [2.75, 3.05) is 13.1 Å². The molecule has 3 unspecified atom stereocenters. The molecule has 3 aliphatic carbocycles. The molecule has 3 nitrogen and oxygen atoms in total. The van der Waals surface area contributed by atoms with Crippen LogP contribution in [-0.4, -0.2) is 25.0 Å². The normalized spacial score (nSPS) is 34.8. The monoisotopic (exact) mass is 422 g/mol. The van der Waals surface area contributed by atoms with E-state index in [2.05, 4.69) is 47.9 Å². The molecule has 1 saturated heterocycles. The van der Waals surface area contributed by atoms with E-state index in [-0.39, 0.29) is 0 Å². The first-order valence-corrected chi connectivity index (χ1v) is 13.1. The summed E-state index contributed by atoms with van der Waals surface area (Å²) in [5.41, 5.74) is 2.98. The van der Waals surface area contributed by atoms with Gasteiger partial charge in [0.25, 0.3) is 0 Å². The third kappa shape index (κ3) is 4.32. The molecule has 1 heterocycles. The fourth-order valence-electron chi connectivity index (χ4n) is 7.93. The van der Waals surface area contributed by atoms with E-state index in [1.165, 1.54) is 83.7 Å². The van der Waals surface area contributed by atoms with Gasteiger partial charge in [-0.3, -0.25) is 4.79 Å². The van der Waals surface area contributed by atoms with Gasteiger partial charge in [0, 0.05) is 25.6 Å². The molecule has 0 radical (unpaired) electrons. The van der Waals surface area contributed by atoms with Crippen LogP contribution >= 0.6 is 0 Å². The average Bonchev–Trinajstić information content (AvgIpc) is 2.78. The van der Waals surface area contributed by atoms with E-state index in [9.17, 15) is 4.79 Å². The first-order valence-electron chi connectivity index (χ1n) is 13.1. The minimum Gasteiger partial charge on any atom is -0.353 e. The summed E-state index contributed by atoms with van der Waals surface area (Å²) < 4.78 is 0. The van der Waals surface area contributed by atoms with Gasteiger partial charge in [0.1, 0.15) is 0 Å². The van der Waals surface area contributed by atoms with E-state index in [4.69, 9.17) is 0 Å². The Morgan fingerprint density at radius 2 is 1.84 bits per heavy atom. The highest BCUT2D eigenvalue weighted by Gasteiger charge is 2.50. The van der Waals surface area contributed by atoms with Gasteiger partial charge in [-0.1, -0.05) is 50.1 Å². The number of amides is 1. The van der Waals surface area contributed by atoms with Crippen LogP contribution < -0.4 is 10.6 Å². The van der Waals surface area contributed by atoms with Crippen LogP contribution in [0.5, 0.6) is 0 Å². The number of carbonyl (C=O) groups is 1. The van der Waals surface area contributed by atoms with Crippen LogP contribution in [0.25, 0.3) is 0 Å². The maximum atomic E-state index is 12.8. The van der Waals surface area contributed by atoms with E-state index < -0.39 is 0 Å². The SMILES string of the molecule is CCC12CCCC(c3ccccc3)(CC(CCC(=O)NC3CCC4(CC3)CNC4)C1)C2. The molecule has 3 atom stereocenters. The summed E-state index contributed by atoms with van der Waals surface area (Å²) in [7, 11) is 0. The van der Waals surface area contributed by atoms with Gasteiger partial charge < -0.3 is 10.6 Å². The molecule has 1 amide bonds. The van der Waals surface area contributed by atoms with Crippen molar-refractivity contribution < 1.29 is 4.79 Å². The third-order valence-corrected chi connectivity index (χ3v) is 9.80. The summed E-state index contributed by atoms with van der Waals surface area (Å²) in [5, 5.41) is 6.84. The van der Waals surface area contributed by atoms with E-state index >= 15 is 0 Å². The number of rotatable bonds is 6. The molecule has 1 spiro atoms. The van der Waals surface area contributed by atoms with Gasteiger partial charge in [-0.15, -0.1) is 0 Å². The van der Waals surface area contributed by atoms with Crippen LogP contribution in [0.15, 0.2) is 30.3 Å². The summed E-state index contributed by atoms with van der Waals surface area (Å²) in [5.74, 6) is 0.998. The first-order chi connectivity index (χ1) is 15.0. The molecule has 1 aromatic rings. The molecule has 1 aromatic carbocycles. The van der Waals surface area contributed by atoms with Gasteiger partial charge in [0.15, 0.2) is 0 Å². The zero-order valence-electron chi connectivity index (χ0n) is 19.6. The van der Waals surface area contributed by atoms with E-state index in [0.29, 0.717) is 34.1 Å². The molecule has 31 heavy (non-hydrogen) atoms. The molecular weight excluding hydrogens is 380 g/mol. The number of hydrogen-bond donors (Lipinski definition) is 2. The van der Waals surface area contributed by atoms with Crippen molar-refractivity contribution in [3.8, 4) is 0 Å². The summed E-state index contributed by atoms with van der Waals surface area (Å²) in [4.78, 5) is 12.8. The third-order valence-electron chi connectivity index (χ3n) is 9.80. The largest absolute Gasteiger partial charge is 0.353 e. The van der Waals surface area contributed by atoms with Crippen molar-refractivity contribution in [3.05, 3.63) is 35.9 Å². The second-order valence-corrected chi connectivity index (χ2v) is 11.8. The summed E-state index contributed by atoms with van der Waals surface area (Å²) in [6, 6.07) is 11.7. The van der Waals surface area contributed by atoms with Gasteiger partial charge in [-0.25, -0.2) is 0 Å². The molecule has 4 fully saturated rings. The molecule has 4 aliphatic rings. The molecule has 5 rings (SSSR count). The van der Waals surface area contributed by atoms with Crippen molar-refractivity contribution >= 4 is 5.91 Å². The first kappa shape index (κ1) is 21.5. The molecule has 170 valence electrons. The van der Waals surface area contributed by atoms with Crippen molar-refractivity contribution in [3.63, 3.8) is 0 Å². The Hall–Kier alpha value is -1.35. The molecule has 0 aromatic heterocycles. The highest BCUT2D eigenvalue weighted by atomic mass is 16.1. The standard InChI is InChI=1S/C28H42N2O/c1-2-26-13-6-14-28(19-26,23-7-4-3-5-8-23)18-22(17-26)9-10-25(31)30-24-11-15-27(16-12-24)20-29-21-27/h3-5,7-8,22,24,29H,2,6,9-21H2,1H3,(H,30,31). The second kappa shape index (κ2) is 8.54. The van der Waals surface area contributed by atoms with Crippen LogP contribution in [0.2, 0.25) is 0 Å². The van der Waals surface area contributed by atoms with Gasteiger partial charge >= 0.3 is 0 Å². The molecule has 3 saturated carbocycles. The van der Waals surface area contributed by atoms with Crippen LogP contribution in [0.4, 0.5) is 0 Å². The summed E-state index contributed by atoms with van der Waals surface area (Å²) in [6.07, 6.45) is 16.1. The summed E-state index contributed by atoms with van der Waals surface area (Å²) in [6.45, 7) is 4.79. The Labute approximate surface area is 189 Å². The highest BCUT2D eigenvalue weighted by molar-refractivity contribution is 5.76. The minimum atomic E-state index is 0.308. The van der Waals surface area contributed by atoms with Crippen molar-refractivity contribution in [2.45, 2.75) is 102 Å². The molecule has 1 aliphatic heterocycles. The Morgan fingerprint density at radius 1 is 1.06 bits per heavy atom. The number of carbonyl (C=O) groups excluding carboxylic acids is 1. The summed E-state index contributed by atoms with van der Waals surface area (Å²) >= 11 is 0. The highest BCUT2D eigenvalue weighted by Crippen LogP contribution is 2.60. The smallest absolute Gasteiger partial charge is 0.220 e. The Balaban J connectivity index is 1.19. The lowest BCUT2D eigenvalue weighted by Gasteiger charge is -2.55. The van der Waals surface area contributed by atoms with E-state index in [1.807, 2.05) is 0 Å². The van der Waals surface area contributed by atoms with E-state index in [0.717, 1.165) is 12.8 Å². The Morgan fingerprint density at radius 3 is 2.52 bits per heavy atom. The number of hydrogen-bond acceptors (Lipinski definition) is 2. The van der Waals surface area contributed by atoms with Gasteiger partial charge in [-0.2, -0.15) is 0 Å². The maximum Gasteiger partial charge on any atom is 0.220 e. The van der Waals surface area contributed by atoms with Crippen LogP contribution in [0, 0.1) is 16.7 Å². The average molecular weight is 423 g/mol. The quantitative estimate of drug-likeness (QED) is 0.614. The molecule has 2 N–H and O–H groups in total. The van der Waals surface area contributed by atoms with Crippen molar-refractivity contribution in [1.82, 2.24) is 10.6 Å². The zero-order valence-corrected chi connectivity index (χ0v) is 19.6. The lowest BCUT2D eigenvalue weighted by molar-refractivity contribution is -0.122. The van der Waals surface area contributed by atoms with Gasteiger partial charge in [0.05, 0.1) is 0 Å².